The number of carbonyl (C=O) groups is 2. The van der Waals surface area contributed by atoms with Crippen molar-refractivity contribution in [1.29, 1.82) is 0 Å². The summed E-state index contributed by atoms with van der Waals surface area (Å²) in [5.74, 6) is -3.99. The molecule has 1 aromatic heterocycles. The lowest BCUT2D eigenvalue weighted by Gasteiger charge is -2.09. The molecule has 7 nitrogen and oxygen atoms in total. The SMILES string of the molecule is C=Cn1cc(C(=O)O)c(=O)c2cc(CCCN)ccc21.O=C(O)C(F)(F)F. The summed E-state index contributed by atoms with van der Waals surface area (Å²) in [5.41, 5.74) is 6.36. The van der Waals surface area contributed by atoms with Gasteiger partial charge in [-0.05, 0) is 37.1 Å². The summed E-state index contributed by atoms with van der Waals surface area (Å²) in [6, 6.07) is 5.45. The van der Waals surface area contributed by atoms with Gasteiger partial charge in [0.1, 0.15) is 5.56 Å². The average Bonchev–Trinajstić information content (AvgIpc) is 2.60. The molecule has 2 aromatic rings. The van der Waals surface area contributed by atoms with Crippen LogP contribution in [-0.2, 0) is 11.2 Å². The molecule has 4 N–H and O–H groups in total. The predicted molar refractivity (Wildman–Crippen MR) is 92.6 cm³/mol. The summed E-state index contributed by atoms with van der Waals surface area (Å²) in [6.07, 6.45) is -0.732. The number of benzene rings is 1. The van der Waals surface area contributed by atoms with Crippen LogP contribution in [0.15, 0.2) is 35.8 Å². The molecule has 0 saturated heterocycles. The highest BCUT2D eigenvalue weighted by Crippen LogP contribution is 2.16. The second-order valence-corrected chi connectivity index (χ2v) is 5.31. The highest BCUT2D eigenvalue weighted by atomic mass is 19.4. The van der Waals surface area contributed by atoms with E-state index in [0.29, 0.717) is 17.4 Å². The summed E-state index contributed by atoms with van der Waals surface area (Å²) in [7, 11) is 0. The fraction of sp³-hybridized carbons (Fsp3) is 0.235. The van der Waals surface area contributed by atoms with Gasteiger partial charge in [-0.25, -0.2) is 9.59 Å². The Labute approximate surface area is 151 Å². The zero-order valence-electron chi connectivity index (χ0n) is 14.0. The number of carboxylic acids is 2. The summed E-state index contributed by atoms with van der Waals surface area (Å²) in [4.78, 5) is 32.2. The van der Waals surface area contributed by atoms with Crippen LogP contribution in [0, 0.1) is 0 Å². The van der Waals surface area contributed by atoms with Crippen molar-refractivity contribution < 1.29 is 33.0 Å². The Morgan fingerprint density at radius 1 is 1.26 bits per heavy atom. The molecule has 10 heteroatoms. The molecule has 0 atom stereocenters. The first-order chi connectivity index (χ1) is 12.5. The van der Waals surface area contributed by atoms with Crippen molar-refractivity contribution in [2.24, 2.45) is 5.73 Å². The quantitative estimate of drug-likeness (QED) is 0.725. The van der Waals surface area contributed by atoms with Gasteiger partial charge in [-0.15, -0.1) is 0 Å². The topological polar surface area (TPSA) is 123 Å². The van der Waals surface area contributed by atoms with Crippen LogP contribution < -0.4 is 11.2 Å². The van der Waals surface area contributed by atoms with E-state index in [-0.39, 0.29) is 5.56 Å². The molecule has 1 heterocycles. The van der Waals surface area contributed by atoms with E-state index in [1.54, 1.807) is 16.7 Å². The largest absolute Gasteiger partial charge is 0.490 e. The van der Waals surface area contributed by atoms with Crippen molar-refractivity contribution in [3.05, 3.63) is 52.3 Å². The third-order valence-corrected chi connectivity index (χ3v) is 3.44. The summed E-state index contributed by atoms with van der Waals surface area (Å²) < 4.78 is 33.3. The van der Waals surface area contributed by atoms with Crippen molar-refractivity contribution in [2.75, 3.05) is 6.54 Å². The van der Waals surface area contributed by atoms with Crippen LogP contribution >= 0.6 is 0 Å². The fourth-order valence-corrected chi connectivity index (χ4v) is 2.17. The van der Waals surface area contributed by atoms with E-state index in [0.717, 1.165) is 18.4 Å². The van der Waals surface area contributed by atoms with Gasteiger partial charge in [0, 0.05) is 17.8 Å². The standard InChI is InChI=1S/C15H16N2O3.C2HF3O2/c1-2-17-9-12(15(19)20)14(18)11-8-10(4-3-7-16)5-6-13(11)17;3-2(4,5)1(6)7/h2,5-6,8-9H,1,3-4,7,16H2,(H,19,20);(H,6,7). The Morgan fingerprint density at radius 3 is 2.30 bits per heavy atom. The Bertz CT molecular complexity index is 919. The van der Waals surface area contributed by atoms with E-state index in [4.69, 9.17) is 20.7 Å². The number of hydrogen-bond donors (Lipinski definition) is 3. The van der Waals surface area contributed by atoms with E-state index in [1.807, 2.05) is 6.07 Å². The first-order valence-electron chi connectivity index (χ1n) is 7.56. The van der Waals surface area contributed by atoms with Gasteiger partial charge in [0.05, 0.1) is 5.52 Å². The van der Waals surface area contributed by atoms with Gasteiger partial charge in [-0.2, -0.15) is 13.2 Å². The van der Waals surface area contributed by atoms with Crippen LogP contribution in [0.2, 0.25) is 0 Å². The van der Waals surface area contributed by atoms with E-state index >= 15 is 0 Å². The molecule has 27 heavy (non-hydrogen) atoms. The molecule has 146 valence electrons. The van der Waals surface area contributed by atoms with Crippen LogP contribution in [-0.4, -0.2) is 39.4 Å². The van der Waals surface area contributed by atoms with Crippen molar-refractivity contribution >= 4 is 29.0 Å². The minimum atomic E-state index is -5.08. The van der Waals surface area contributed by atoms with Crippen LogP contribution in [0.1, 0.15) is 22.3 Å². The number of aliphatic carboxylic acids is 1. The lowest BCUT2D eigenvalue weighted by atomic mass is 10.0. The van der Waals surface area contributed by atoms with Gasteiger partial charge in [-0.1, -0.05) is 12.6 Å². The van der Waals surface area contributed by atoms with E-state index in [2.05, 4.69) is 6.58 Å². The molecule has 0 aliphatic heterocycles. The van der Waals surface area contributed by atoms with Gasteiger partial charge in [0.2, 0.25) is 5.43 Å². The maximum Gasteiger partial charge on any atom is 0.490 e. The zero-order chi connectivity index (χ0) is 20.8. The lowest BCUT2D eigenvalue weighted by molar-refractivity contribution is -0.192. The number of aromatic carboxylic acids is 1. The van der Waals surface area contributed by atoms with Crippen LogP contribution in [0.4, 0.5) is 13.2 Å². The molecule has 0 unspecified atom stereocenters. The molecular weight excluding hydrogens is 369 g/mol. The molecule has 0 radical (unpaired) electrons. The van der Waals surface area contributed by atoms with E-state index in [9.17, 15) is 22.8 Å². The molecule has 0 fully saturated rings. The van der Waals surface area contributed by atoms with Crippen LogP contribution in [0.5, 0.6) is 0 Å². The third kappa shape index (κ3) is 5.68. The van der Waals surface area contributed by atoms with E-state index in [1.165, 1.54) is 12.4 Å². The molecule has 0 aliphatic carbocycles. The Kier molecular flexibility index (Phi) is 7.29. The Balaban J connectivity index is 0.000000445. The number of rotatable bonds is 5. The predicted octanol–water partition coefficient (Wildman–Crippen LogP) is 2.32. The van der Waals surface area contributed by atoms with Crippen molar-refractivity contribution in [2.45, 2.75) is 19.0 Å². The smallest absolute Gasteiger partial charge is 0.477 e. The monoisotopic (exact) mass is 386 g/mol. The molecule has 0 bridgehead atoms. The van der Waals surface area contributed by atoms with Gasteiger partial charge < -0.3 is 20.5 Å². The van der Waals surface area contributed by atoms with E-state index < -0.39 is 23.5 Å². The van der Waals surface area contributed by atoms with Gasteiger partial charge in [0.25, 0.3) is 0 Å². The number of nitrogens with two attached hydrogens (primary N) is 1. The molecule has 0 aliphatic rings. The molecule has 1 aromatic carbocycles. The maximum absolute atomic E-state index is 12.2. The van der Waals surface area contributed by atoms with Gasteiger partial charge in [-0.3, -0.25) is 4.79 Å². The lowest BCUT2D eigenvalue weighted by Crippen LogP contribution is -2.21. The first-order valence-corrected chi connectivity index (χ1v) is 7.56. The number of alkyl halides is 3. The number of carboxylic acid groups (broad SMARTS) is 2. The number of pyridine rings is 1. The number of hydrogen-bond acceptors (Lipinski definition) is 4. The fourth-order valence-electron chi connectivity index (χ4n) is 2.17. The zero-order valence-corrected chi connectivity index (χ0v) is 14.0. The van der Waals surface area contributed by atoms with Gasteiger partial charge in [0.15, 0.2) is 0 Å². The minimum Gasteiger partial charge on any atom is -0.477 e. The average molecular weight is 386 g/mol. The van der Waals surface area contributed by atoms with Crippen molar-refractivity contribution in [3.8, 4) is 0 Å². The summed E-state index contributed by atoms with van der Waals surface area (Å²) >= 11 is 0. The Morgan fingerprint density at radius 2 is 1.85 bits per heavy atom. The molecule has 0 amide bonds. The number of aromatic nitrogens is 1. The second kappa shape index (κ2) is 8.99. The molecule has 0 spiro atoms. The highest BCUT2D eigenvalue weighted by molar-refractivity contribution is 5.93. The number of fused-ring (bicyclic) bond motifs is 1. The maximum atomic E-state index is 12.2. The summed E-state index contributed by atoms with van der Waals surface area (Å²) in [6.45, 7) is 4.21. The number of nitrogens with zero attached hydrogens (tertiary/aromatic N) is 1. The highest BCUT2D eigenvalue weighted by Gasteiger charge is 2.38. The minimum absolute atomic E-state index is 0.256. The van der Waals surface area contributed by atoms with Crippen molar-refractivity contribution in [3.63, 3.8) is 0 Å². The van der Waals surface area contributed by atoms with Crippen LogP contribution in [0.25, 0.3) is 17.1 Å². The number of aryl methyl sites for hydroxylation is 1. The van der Waals surface area contributed by atoms with Crippen molar-refractivity contribution in [1.82, 2.24) is 4.57 Å². The molecule has 0 saturated carbocycles. The second-order valence-electron chi connectivity index (χ2n) is 5.31. The summed E-state index contributed by atoms with van der Waals surface area (Å²) in [5, 5.41) is 16.6. The normalized spacial score (nSPS) is 10.8. The van der Waals surface area contributed by atoms with Crippen LogP contribution in [0.3, 0.4) is 0 Å². The molecular formula is C17H17F3N2O5. The third-order valence-electron chi connectivity index (χ3n) is 3.44. The Hall–Kier alpha value is -3.14. The van der Waals surface area contributed by atoms with Gasteiger partial charge >= 0.3 is 18.1 Å². The number of halogens is 3. The molecule has 2 rings (SSSR count). The first kappa shape index (κ1) is 21.9.